The Hall–Kier alpha value is -0.570. The highest BCUT2D eigenvalue weighted by molar-refractivity contribution is 5.73. The standard InChI is InChI=1S/C8H18N2O/c1-6(2)8(10(4)5)9-7(3)11/h6,8H,1-5H3,(H,9,11). The van der Waals surface area contributed by atoms with Gasteiger partial charge in [-0.05, 0) is 20.0 Å². The Labute approximate surface area is 68.8 Å². The van der Waals surface area contributed by atoms with Crippen LogP contribution in [0.4, 0.5) is 0 Å². The second kappa shape index (κ2) is 4.34. The van der Waals surface area contributed by atoms with Crippen molar-refractivity contribution >= 4 is 5.91 Å². The Bertz CT molecular complexity index is 124. The number of amides is 1. The second-order valence-electron chi connectivity index (χ2n) is 3.35. The van der Waals surface area contributed by atoms with E-state index in [1.165, 1.54) is 0 Å². The van der Waals surface area contributed by atoms with Gasteiger partial charge in [0.1, 0.15) is 0 Å². The predicted molar refractivity (Wildman–Crippen MR) is 46.1 cm³/mol. The Morgan fingerprint density at radius 1 is 1.36 bits per heavy atom. The number of hydrogen-bond acceptors (Lipinski definition) is 2. The lowest BCUT2D eigenvalue weighted by atomic mass is 10.1. The first-order chi connectivity index (χ1) is 4.95. The monoisotopic (exact) mass is 158 g/mol. The topological polar surface area (TPSA) is 32.3 Å². The van der Waals surface area contributed by atoms with Crippen molar-refractivity contribution in [1.82, 2.24) is 10.2 Å². The summed E-state index contributed by atoms with van der Waals surface area (Å²) in [7, 11) is 3.92. The van der Waals surface area contributed by atoms with E-state index in [9.17, 15) is 4.79 Å². The summed E-state index contributed by atoms with van der Waals surface area (Å²) in [4.78, 5) is 12.7. The van der Waals surface area contributed by atoms with Crippen LogP contribution in [0.25, 0.3) is 0 Å². The third-order valence-electron chi connectivity index (χ3n) is 1.54. The Morgan fingerprint density at radius 3 is 1.91 bits per heavy atom. The van der Waals surface area contributed by atoms with Crippen molar-refractivity contribution in [2.45, 2.75) is 26.9 Å². The van der Waals surface area contributed by atoms with Crippen molar-refractivity contribution in [1.29, 1.82) is 0 Å². The van der Waals surface area contributed by atoms with Gasteiger partial charge in [-0.25, -0.2) is 0 Å². The molecule has 66 valence electrons. The number of rotatable bonds is 3. The lowest BCUT2D eigenvalue weighted by Crippen LogP contribution is -2.47. The van der Waals surface area contributed by atoms with E-state index in [1.807, 2.05) is 19.0 Å². The molecule has 1 atom stereocenters. The lowest BCUT2D eigenvalue weighted by molar-refractivity contribution is -0.121. The van der Waals surface area contributed by atoms with Crippen molar-refractivity contribution in [3.8, 4) is 0 Å². The van der Waals surface area contributed by atoms with Crippen molar-refractivity contribution < 1.29 is 4.79 Å². The molecule has 1 amide bonds. The van der Waals surface area contributed by atoms with Gasteiger partial charge in [0.15, 0.2) is 0 Å². The first kappa shape index (κ1) is 10.4. The van der Waals surface area contributed by atoms with Crippen LogP contribution in [-0.4, -0.2) is 31.1 Å². The molecule has 1 N–H and O–H groups in total. The summed E-state index contributed by atoms with van der Waals surface area (Å²) in [6.07, 6.45) is 0.146. The molecule has 0 aromatic heterocycles. The first-order valence-corrected chi connectivity index (χ1v) is 3.88. The van der Waals surface area contributed by atoms with Gasteiger partial charge >= 0.3 is 0 Å². The smallest absolute Gasteiger partial charge is 0.218 e. The van der Waals surface area contributed by atoms with Crippen LogP contribution in [0.15, 0.2) is 0 Å². The van der Waals surface area contributed by atoms with E-state index < -0.39 is 0 Å². The molecule has 3 heteroatoms. The fraction of sp³-hybridized carbons (Fsp3) is 0.875. The van der Waals surface area contributed by atoms with E-state index in [2.05, 4.69) is 19.2 Å². The zero-order chi connectivity index (χ0) is 9.02. The van der Waals surface area contributed by atoms with Gasteiger partial charge in [0.25, 0.3) is 0 Å². The molecule has 0 saturated carbocycles. The molecule has 0 aromatic rings. The molecule has 0 aliphatic heterocycles. The van der Waals surface area contributed by atoms with Gasteiger partial charge in [-0.1, -0.05) is 13.8 Å². The highest BCUT2D eigenvalue weighted by Crippen LogP contribution is 2.02. The largest absolute Gasteiger partial charge is 0.341 e. The Balaban J connectivity index is 4.00. The second-order valence-corrected chi connectivity index (χ2v) is 3.35. The molecule has 0 aromatic carbocycles. The van der Waals surface area contributed by atoms with Gasteiger partial charge in [-0.15, -0.1) is 0 Å². The fourth-order valence-electron chi connectivity index (χ4n) is 1.10. The molecule has 0 heterocycles. The van der Waals surface area contributed by atoms with Crippen molar-refractivity contribution in [2.24, 2.45) is 5.92 Å². The molecule has 0 rings (SSSR count). The third kappa shape index (κ3) is 3.98. The zero-order valence-electron chi connectivity index (χ0n) is 8.01. The lowest BCUT2D eigenvalue weighted by Gasteiger charge is -2.28. The number of nitrogens with one attached hydrogen (secondary N) is 1. The molecule has 0 fully saturated rings. The van der Waals surface area contributed by atoms with Crippen molar-refractivity contribution in [3.63, 3.8) is 0 Å². The predicted octanol–water partition coefficient (Wildman–Crippen LogP) is 0.666. The molecule has 0 aliphatic carbocycles. The number of nitrogens with zero attached hydrogens (tertiary/aromatic N) is 1. The highest BCUT2D eigenvalue weighted by atomic mass is 16.1. The summed E-state index contributed by atoms with van der Waals surface area (Å²) in [5.41, 5.74) is 0. The SMILES string of the molecule is CC(=O)NC(C(C)C)N(C)C. The van der Waals surface area contributed by atoms with E-state index in [-0.39, 0.29) is 12.1 Å². The molecule has 3 nitrogen and oxygen atoms in total. The molecule has 0 aliphatic rings. The molecular formula is C8H18N2O. The van der Waals surface area contributed by atoms with Gasteiger partial charge in [0, 0.05) is 6.92 Å². The summed E-state index contributed by atoms with van der Waals surface area (Å²) in [5.74, 6) is 0.464. The van der Waals surface area contributed by atoms with Gasteiger partial charge < -0.3 is 5.32 Å². The molecule has 1 unspecified atom stereocenters. The maximum atomic E-state index is 10.7. The molecule has 11 heavy (non-hydrogen) atoms. The highest BCUT2D eigenvalue weighted by Gasteiger charge is 2.15. The number of carbonyl (C=O) groups excluding carboxylic acids is 1. The van der Waals surface area contributed by atoms with Gasteiger partial charge in [0.05, 0.1) is 6.17 Å². The zero-order valence-corrected chi connectivity index (χ0v) is 8.01. The Morgan fingerprint density at radius 2 is 1.82 bits per heavy atom. The van der Waals surface area contributed by atoms with Crippen molar-refractivity contribution in [2.75, 3.05) is 14.1 Å². The van der Waals surface area contributed by atoms with E-state index in [1.54, 1.807) is 6.92 Å². The van der Waals surface area contributed by atoms with Gasteiger partial charge in [0.2, 0.25) is 5.91 Å². The average Bonchev–Trinajstić information content (AvgIpc) is 1.81. The van der Waals surface area contributed by atoms with Gasteiger partial charge in [-0.3, -0.25) is 9.69 Å². The van der Waals surface area contributed by atoms with Crippen LogP contribution in [-0.2, 0) is 4.79 Å². The molecule has 0 spiro atoms. The summed E-state index contributed by atoms with van der Waals surface area (Å²) < 4.78 is 0. The molecular weight excluding hydrogens is 140 g/mol. The molecule has 0 bridgehead atoms. The van der Waals surface area contributed by atoms with Crippen LogP contribution in [0.5, 0.6) is 0 Å². The van der Waals surface area contributed by atoms with Crippen LogP contribution in [0.3, 0.4) is 0 Å². The van der Waals surface area contributed by atoms with E-state index >= 15 is 0 Å². The van der Waals surface area contributed by atoms with Crippen LogP contribution < -0.4 is 5.32 Å². The minimum absolute atomic E-state index is 0.0254. The normalized spacial score (nSPS) is 13.7. The molecule has 0 radical (unpaired) electrons. The minimum Gasteiger partial charge on any atom is -0.341 e. The first-order valence-electron chi connectivity index (χ1n) is 3.88. The number of hydrogen-bond donors (Lipinski definition) is 1. The quantitative estimate of drug-likeness (QED) is 0.612. The Kier molecular flexibility index (Phi) is 4.11. The summed E-state index contributed by atoms with van der Waals surface area (Å²) in [5, 5.41) is 2.87. The van der Waals surface area contributed by atoms with Crippen molar-refractivity contribution in [3.05, 3.63) is 0 Å². The van der Waals surface area contributed by atoms with Gasteiger partial charge in [-0.2, -0.15) is 0 Å². The van der Waals surface area contributed by atoms with Crippen LogP contribution in [0.1, 0.15) is 20.8 Å². The maximum absolute atomic E-state index is 10.7. The summed E-state index contributed by atoms with van der Waals surface area (Å²) in [6, 6.07) is 0. The van der Waals surface area contributed by atoms with Crippen LogP contribution >= 0.6 is 0 Å². The van der Waals surface area contributed by atoms with E-state index in [4.69, 9.17) is 0 Å². The third-order valence-corrected chi connectivity index (χ3v) is 1.54. The van der Waals surface area contributed by atoms with E-state index in [0.29, 0.717) is 5.92 Å². The summed E-state index contributed by atoms with van der Waals surface area (Å²) >= 11 is 0. The minimum atomic E-state index is 0.0254. The molecule has 0 saturated heterocycles. The summed E-state index contributed by atoms with van der Waals surface area (Å²) in [6.45, 7) is 5.71. The fourth-order valence-corrected chi connectivity index (χ4v) is 1.10. The van der Waals surface area contributed by atoms with Crippen LogP contribution in [0.2, 0.25) is 0 Å². The van der Waals surface area contributed by atoms with E-state index in [0.717, 1.165) is 0 Å². The maximum Gasteiger partial charge on any atom is 0.218 e. The average molecular weight is 158 g/mol. The number of carbonyl (C=O) groups is 1. The van der Waals surface area contributed by atoms with Crippen LogP contribution in [0, 0.1) is 5.92 Å².